The summed E-state index contributed by atoms with van der Waals surface area (Å²) >= 11 is 0. The second-order valence-electron chi connectivity index (χ2n) is 1.80. The molecule has 0 aliphatic heterocycles. The van der Waals surface area contributed by atoms with E-state index >= 15 is 0 Å². The van der Waals surface area contributed by atoms with Crippen LogP contribution < -0.4 is 0 Å². The standard InChI is InChI=1S/C4H10BP/c1-4(2)3-6-5/h4,6H,3H2,1-2H3. The summed E-state index contributed by atoms with van der Waals surface area (Å²) in [7, 11) is 5.90. The van der Waals surface area contributed by atoms with Gasteiger partial charge in [0.05, 0.1) is 0 Å². The summed E-state index contributed by atoms with van der Waals surface area (Å²) in [5.74, 6) is 0.785. The van der Waals surface area contributed by atoms with Gasteiger partial charge in [-0.25, -0.2) is 0 Å². The molecule has 34 valence electrons. The van der Waals surface area contributed by atoms with Crippen LogP contribution in [0.2, 0.25) is 0 Å². The minimum atomic E-state index is 0.638. The molecule has 2 radical (unpaired) electrons. The Balaban J connectivity index is 2.63. The van der Waals surface area contributed by atoms with Crippen LogP contribution in [0.5, 0.6) is 0 Å². The van der Waals surface area contributed by atoms with E-state index in [0.29, 0.717) is 8.46 Å². The van der Waals surface area contributed by atoms with Gasteiger partial charge in [0.25, 0.3) is 0 Å². The van der Waals surface area contributed by atoms with E-state index in [-0.39, 0.29) is 0 Å². The van der Waals surface area contributed by atoms with Crippen LogP contribution in [0.15, 0.2) is 0 Å². The zero-order valence-corrected chi connectivity index (χ0v) is 5.36. The average Bonchev–Trinajstić information content (AvgIpc) is 1.35. The van der Waals surface area contributed by atoms with E-state index in [0.717, 1.165) is 5.92 Å². The highest BCUT2D eigenvalue weighted by Crippen LogP contribution is 2.06. The van der Waals surface area contributed by atoms with Gasteiger partial charge < -0.3 is 0 Å². The van der Waals surface area contributed by atoms with E-state index in [4.69, 9.17) is 7.57 Å². The van der Waals surface area contributed by atoms with Crippen LogP contribution in [0.1, 0.15) is 13.8 Å². The van der Waals surface area contributed by atoms with Crippen molar-refractivity contribution in [2.24, 2.45) is 5.92 Å². The molecule has 0 fully saturated rings. The summed E-state index contributed by atoms with van der Waals surface area (Å²) in [5.41, 5.74) is 0. The molecular weight excluding hydrogens is 89.8 g/mol. The van der Waals surface area contributed by atoms with Crippen LogP contribution in [0.3, 0.4) is 0 Å². The Hall–Kier alpha value is 0.495. The fourth-order valence-corrected chi connectivity index (χ4v) is 0.707. The molecule has 0 bridgehead atoms. The third-order valence-corrected chi connectivity index (χ3v) is 1.58. The monoisotopic (exact) mass is 100 g/mol. The molecular formula is C4H10BP. The van der Waals surface area contributed by atoms with Gasteiger partial charge in [-0.2, -0.15) is 8.46 Å². The molecule has 0 heterocycles. The van der Waals surface area contributed by atoms with E-state index in [1.807, 2.05) is 0 Å². The molecule has 0 spiro atoms. The zero-order valence-electron chi connectivity index (χ0n) is 4.36. The summed E-state index contributed by atoms with van der Waals surface area (Å²) in [6.07, 6.45) is 1.18. The topological polar surface area (TPSA) is 0 Å². The Morgan fingerprint density at radius 2 is 2.17 bits per heavy atom. The van der Waals surface area contributed by atoms with Gasteiger partial charge in [0.2, 0.25) is 0 Å². The lowest BCUT2D eigenvalue weighted by molar-refractivity contribution is 0.750. The van der Waals surface area contributed by atoms with Crippen LogP contribution in [0, 0.1) is 5.92 Å². The van der Waals surface area contributed by atoms with Crippen LogP contribution in [0.25, 0.3) is 0 Å². The molecule has 0 aromatic carbocycles. The van der Waals surface area contributed by atoms with Gasteiger partial charge in [0.15, 0.2) is 0 Å². The average molecular weight is 99.9 g/mol. The van der Waals surface area contributed by atoms with Crippen molar-refractivity contribution in [3.63, 3.8) is 0 Å². The fraction of sp³-hybridized carbons (Fsp3) is 1.00. The van der Waals surface area contributed by atoms with Crippen LogP contribution in [-0.2, 0) is 0 Å². The molecule has 0 nitrogen and oxygen atoms in total. The van der Waals surface area contributed by atoms with Gasteiger partial charge in [-0.15, -0.1) is 0 Å². The van der Waals surface area contributed by atoms with E-state index in [1.165, 1.54) is 6.16 Å². The summed E-state index contributed by atoms with van der Waals surface area (Å²) in [6, 6.07) is 0. The first-order valence-electron chi connectivity index (χ1n) is 2.21. The third kappa shape index (κ3) is 4.49. The molecule has 0 aromatic heterocycles. The van der Waals surface area contributed by atoms with E-state index in [1.54, 1.807) is 0 Å². The van der Waals surface area contributed by atoms with E-state index in [9.17, 15) is 0 Å². The molecule has 0 saturated carbocycles. The van der Waals surface area contributed by atoms with Crippen molar-refractivity contribution in [3.05, 3.63) is 0 Å². The normalized spacial score (nSPS) is 11.8. The van der Waals surface area contributed by atoms with Gasteiger partial charge in [0, 0.05) is 0 Å². The largest absolute Gasteiger partial charge is 0.172 e. The van der Waals surface area contributed by atoms with E-state index in [2.05, 4.69) is 13.8 Å². The molecule has 2 heteroatoms. The predicted octanol–water partition coefficient (Wildman–Crippen LogP) is 1.40. The fourth-order valence-electron chi connectivity index (χ4n) is 0.236. The first kappa shape index (κ1) is 6.49. The highest BCUT2D eigenvalue weighted by atomic mass is 31.1. The maximum absolute atomic E-state index is 5.26. The Morgan fingerprint density at radius 3 is 2.17 bits per heavy atom. The lowest BCUT2D eigenvalue weighted by atomic mass is 10.3. The lowest BCUT2D eigenvalue weighted by Crippen LogP contribution is -1.86. The lowest BCUT2D eigenvalue weighted by Gasteiger charge is -1.96. The molecule has 0 aromatic rings. The molecule has 0 amide bonds. The SMILES string of the molecule is [B]PCC(C)C. The molecule has 1 unspecified atom stereocenters. The predicted molar refractivity (Wildman–Crippen MR) is 33.8 cm³/mol. The number of rotatable bonds is 2. The molecule has 6 heavy (non-hydrogen) atoms. The molecule has 0 saturated heterocycles. The maximum Gasteiger partial charge on any atom is 0.104 e. The van der Waals surface area contributed by atoms with Crippen molar-refractivity contribution in [2.75, 3.05) is 6.16 Å². The summed E-state index contributed by atoms with van der Waals surface area (Å²) in [4.78, 5) is 0. The highest BCUT2D eigenvalue weighted by Gasteiger charge is 1.85. The Kier molecular flexibility index (Phi) is 3.98. The Bertz CT molecular complexity index is 28.7. The zero-order chi connectivity index (χ0) is 4.99. The van der Waals surface area contributed by atoms with Crippen molar-refractivity contribution in [2.45, 2.75) is 13.8 Å². The van der Waals surface area contributed by atoms with Crippen LogP contribution >= 0.6 is 8.46 Å². The molecule has 0 aliphatic rings. The smallest absolute Gasteiger partial charge is 0.104 e. The van der Waals surface area contributed by atoms with Crippen LogP contribution in [-0.4, -0.2) is 13.7 Å². The highest BCUT2D eigenvalue weighted by molar-refractivity contribution is 7.66. The second-order valence-corrected chi connectivity index (χ2v) is 2.62. The quantitative estimate of drug-likeness (QED) is 0.363. The summed E-state index contributed by atoms with van der Waals surface area (Å²) in [5, 5.41) is 0. The van der Waals surface area contributed by atoms with Gasteiger partial charge in [0.1, 0.15) is 7.57 Å². The van der Waals surface area contributed by atoms with Crippen molar-refractivity contribution >= 4 is 16.0 Å². The van der Waals surface area contributed by atoms with Gasteiger partial charge >= 0.3 is 0 Å². The Labute approximate surface area is 42.9 Å². The van der Waals surface area contributed by atoms with Crippen molar-refractivity contribution < 1.29 is 0 Å². The van der Waals surface area contributed by atoms with Crippen LogP contribution in [0.4, 0.5) is 0 Å². The first-order valence-corrected chi connectivity index (χ1v) is 3.49. The van der Waals surface area contributed by atoms with Crippen molar-refractivity contribution in [1.82, 2.24) is 0 Å². The molecule has 0 rings (SSSR count). The molecule has 0 aliphatic carbocycles. The molecule has 1 atom stereocenters. The summed E-state index contributed by atoms with van der Waals surface area (Å²) in [6.45, 7) is 4.36. The first-order chi connectivity index (χ1) is 2.77. The van der Waals surface area contributed by atoms with Gasteiger partial charge in [-0.1, -0.05) is 13.8 Å². The minimum absolute atomic E-state index is 0.638. The summed E-state index contributed by atoms with van der Waals surface area (Å²) < 4.78 is 0. The number of hydrogen-bond donors (Lipinski definition) is 0. The van der Waals surface area contributed by atoms with Crippen molar-refractivity contribution in [1.29, 1.82) is 0 Å². The van der Waals surface area contributed by atoms with Gasteiger partial charge in [-0.05, 0) is 12.1 Å². The van der Waals surface area contributed by atoms with Crippen molar-refractivity contribution in [3.8, 4) is 0 Å². The third-order valence-electron chi connectivity index (χ3n) is 0.526. The second kappa shape index (κ2) is 3.68. The maximum atomic E-state index is 5.26. The van der Waals surface area contributed by atoms with E-state index < -0.39 is 0 Å². The number of hydrogen-bond acceptors (Lipinski definition) is 0. The minimum Gasteiger partial charge on any atom is -0.172 e. The van der Waals surface area contributed by atoms with Gasteiger partial charge in [-0.3, -0.25) is 0 Å². The Morgan fingerprint density at radius 1 is 1.67 bits per heavy atom. The molecule has 0 N–H and O–H groups in total.